The molecule has 0 bridgehead atoms. The molecule has 0 aliphatic carbocycles. The van der Waals surface area contributed by atoms with E-state index in [0.717, 1.165) is 5.56 Å². The zero-order chi connectivity index (χ0) is 17.2. The Labute approximate surface area is 141 Å². The Kier molecular flexibility index (Phi) is 9.14. The highest BCUT2D eigenvalue weighted by Crippen LogP contribution is 2.18. The predicted octanol–water partition coefficient (Wildman–Crippen LogP) is 2.70. The molecule has 0 unspecified atom stereocenters. The van der Waals surface area contributed by atoms with Crippen molar-refractivity contribution in [3.05, 3.63) is 30.1 Å². The molecule has 1 aromatic rings. The van der Waals surface area contributed by atoms with Crippen molar-refractivity contribution < 1.29 is 22.4 Å². The summed E-state index contributed by atoms with van der Waals surface area (Å²) < 4.78 is 28.4. The summed E-state index contributed by atoms with van der Waals surface area (Å²) in [4.78, 5) is 4.09. The third-order valence-electron chi connectivity index (χ3n) is 2.91. The Morgan fingerprint density at radius 2 is 1.65 bits per heavy atom. The van der Waals surface area contributed by atoms with E-state index in [0.29, 0.717) is 33.0 Å². The number of nitrogens with zero attached hydrogens (tertiary/aromatic N) is 1. The lowest BCUT2D eigenvalue weighted by atomic mass is 10.3. The molecule has 23 heavy (non-hydrogen) atoms. The van der Waals surface area contributed by atoms with E-state index in [1.54, 1.807) is 19.5 Å². The highest BCUT2D eigenvalue weighted by molar-refractivity contribution is 6.78. The van der Waals surface area contributed by atoms with Crippen molar-refractivity contribution in [2.75, 3.05) is 33.5 Å². The maximum absolute atomic E-state index is 6.21. The normalized spacial score (nSPS) is 12.6. The molecular weight excluding hydrogens is 330 g/mol. The largest absolute Gasteiger partial charge is 0.415 e. The minimum absolute atomic E-state index is 0.512. The molecule has 1 rings (SSSR count). The molecule has 6 nitrogen and oxygen atoms in total. The molecular formula is C15H29NO5Si2. The van der Waals surface area contributed by atoms with Crippen molar-refractivity contribution in [3.8, 4) is 0 Å². The summed E-state index contributed by atoms with van der Waals surface area (Å²) in [5, 5.41) is 0. The molecule has 1 aromatic heterocycles. The fraction of sp³-hybridized carbons (Fsp3) is 0.667. The second kappa shape index (κ2) is 10.3. The Balaban J connectivity index is 2.29. The maximum Gasteiger partial charge on any atom is 0.323 e. The van der Waals surface area contributed by atoms with Crippen LogP contribution in [0.1, 0.15) is 5.56 Å². The molecule has 0 aliphatic rings. The van der Waals surface area contributed by atoms with Crippen molar-refractivity contribution >= 4 is 17.1 Å². The van der Waals surface area contributed by atoms with Crippen molar-refractivity contribution in [1.82, 2.24) is 4.98 Å². The molecule has 0 spiro atoms. The molecule has 0 amide bonds. The summed E-state index contributed by atoms with van der Waals surface area (Å²) in [6.45, 7) is 10.9. The third-order valence-corrected chi connectivity index (χ3v) is 8.58. The van der Waals surface area contributed by atoms with Gasteiger partial charge in [-0.25, -0.2) is 0 Å². The van der Waals surface area contributed by atoms with Crippen molar-refractivity contribution in [2.45, 2.75) is 32.8 Å². The second-order valence-electron chi connectivity index (χ2n) is 6.01. The maximum atomic E-state index is 6.21. The minimum Gasteiger partial charge on any atom is -0.415 e. The summed E-state index contributed by atoms with van der Waals surface area (Å²) in [6, 6.07) is 3.90. The van der Waals surface area contributed by atoms with Gasteiger partial charge in [0.15, 0.2) is 0 Å². The zero-order valence-corrected chi connectivity index (χ0v) is 16.8. The molecule has 0 saturated carbocycles. The molecule has 0 fully saturated rings. The van der Waals surface area contributed by atoms with Gasteiger partial charge in [0.05, 0.1) is 33.0 Å². The molecule has 132 valence electrons. The van der Waals surface area contributed by atoms with Crippen LogP contribution in [0.5, 0.6) is 0 Å². The van der Waals surface area contributed by atoms with Gasteiger partial charge in [0.25, 0.3) is 0 Å². The SMILES string of the molecule is COCCOCCO[Si](C)(C)O[Si](C)(C)OCc1cccnc1. The summed E-state index contributed by atoms with van der Waals surface area (Å²) in [5.74, 6) is 0. The fourth-order valence-corrected chi connectivity index (χ4v) is 8.28. The number of aromatic nitrogens is 1. The number of methoxy groups -OCH3 is 1. The van der Waals surface area contributed by atoms with E-state index in [2.05, 4.69) is 4.98 Å². The summed E-state index contributed by atoms with van der Waals surface area (Å²) in [6.07, 6.45) is 3.56. The van der Waals surface area contributed by atoms with Gasteiger partial charge in [0.2, 0.25) is 0 Å². The van der Waals surface area contributed by atoms with Crippen molar-refractivity contribution in [3.63, 3.8) is 0 Å². The van der Waals surface area contributed by atoms with E-state index in [9.17, 15) is 0 Å². The summed E-state index contributed by atoms with van der Waals surface area (Å²) in [7, 11) is -2.84. The van der Waals surface area contributed by atoms with E-state index in [1.165, 1.54) is 0 Å². The highest BCUT2D eigenvalue weighted by atomic mass is 28.5. The Morgan fingerprint density at radius 1 is 0.957 bits per heavy atom. The molecule has 0 aliphatic heterocycles. The van der Waals surface area contributed by atoms with E-state index < -0.39 is 17.1 Å². The van der Waals surface area contributed by atoms with Gasteiger partial charge in [0, 0.05) is 19.5 Å². The summed E-state index contributed by atoms with van der Waals surface area (Å²) in [5.41, 5.74) is 1.05. The first-order valence-electron chi connectivity index (χ1n) is 7.78. The number of ether oxygens (including phenoxy) is 2. The third kappa shape index (κ3) is 9.97. The Bertz CT molecular complexity index is 431. The minimum atomic E-state index is -2.25. The van der Waals surface area contributed by atoms with Crippen LogP contribution < -0.4 is 0 Å². The predicted molar refractivity (Wildman–Crippen MR) is 93.7 cm³/mol. The van der Waals surface area contributed by atoms with Crippen LogP contribution >= 0.6 is 0 Å². The second-order valence-corrected chi connectivity index (χ2v) is 13.0. The highest BCUT2D eigenvalue weighted by Gasteiger charge is 2.36. The van der Waals surface area contributed by atoms with Gasteiger partial charge in [-0.3, -0.25) is 4.98 Å². The Hall–Kier alpha value is -0.616. The molecule has 1 heterocycles. The molecule has 8 heteroatoms. The van der Waals surface area contributed by atoms with Gasteiger partial charge in [-0.15, -0.1) is 0 Å². The van der Waals surface area contributed by atoms with Gasteiger partial charge in [-0.2, -0.15) is 0 Å². The lowest BCUT2D eigenvalue weighted by molar-refractivity contribution is 0.0485. The van der Waals surface area contributed by atoms with E-state index in [4.69, 9.17) is 22.4 Å². The van der Waals surface area contributed by atoms with Crippen molar-refractivity contribution in [2.24, 2.45) is 0 Å². The van der Waals surface area contributed by atoms with E-state index >= 15 is 0 Å². The average molecular weight is 360 g/mol. The van der Waals surface area contributed by atoms with Crippen LogP contribution in [0.15, 0.2) is 24.5 Å². The van der Waals surface area contributed by atoms with Gasteiger partial charge >= 0.3 is 17.1 Å². The lowest BCUT2D eigenvalue weighted by Crippen LogP contribution is -2.48. The van der Waals surface area contributed by atoms with Crippen LogP contribution in [-0.2, 0) is 29.0 Å². The molecule has 0 N–H and O–H groups in total. The zero-order valence-electron chi connectivity index (χ0n) is 14.8. The van der Waals surface area contributed by atoms with E-state index in [-0.39, 0.29) is 0 Å². The molecule has 0 saturated heterocycles. The van der Waals surface area contributed by atoms with Crippen molar-refractivity contribution in [1.29, 1.82) is 0 Å². The summed E-state index contributed by atoms with van der Waals surface area (Å²) >= 11 is 0. The first kappa shape index (κ1) is 20.4. The van der Waals surface area contributed by atoms with Gasteiger partial charge in [-0.05, 0) is 37.8 Å². The van der Waals surface area contributed by atoms with Crippen LogP contribution in [0.4, 0.5) is 0 Å². The lowest BCUT2D eigenvalue weighted by Gasteiger charge is -2.32. The van der Waals surface area contributed by atoms with Gasteiger partial charge in [0.1, 0.15) is 0 Å². The Morgan fingerprint density at radius 3 is 2.30 bits per heavy atom. The number of rotatable bonds is 12. The number of hydrogen-bond acceptors (Lipinski definition) is 6. The first-order valence-corrected chi connectivity index (χ1v) is 13.4. The van der Waals surface area contributed by atoms with Crippen LogP contribution in [-0.4, -0.2) is 55.6 Å². The van der Waals surface area contributed by atoms with Gasteiger partial charge in [-0.1, -0.05) is 6.07 Å². The quantitative estimate of drug-likeness (QED) is 0.422. The number of pyridine rings is 1. The molecule has 0 aromatic carbocycles. The van der Waals surface area contributed by atoms with Crippen LogP contribution in [0.3, 0.4) is 0 Å². The molecule has 0 radical (unpaired) electrons. The van der Waals surface area contributed by atoms with Crippen LogP contribution in [0.2, 0.25) is 26.2 Å². The number of hydrogen-bond donors (Lipinski definition) is 0. The van der Waals surface area contributed by atoms with Gasteiger partial charge < -0.3 is 22.4 Å². The standard InChI is InChI=1S/C15H29NO5Si2/c1-17-9-10-18-11-12-19-22(2,3)21-23(4,5)20-14-15-7-6-8-16-13-15/h6-8,13H,9-12,14H2,1-5H3. The fourth-order valence-electron chi connectivity index (χ4n) is 1.98. The molecule has 0 atom stereocenters. The monoisotopic (exact) mass is 359 g/mol. The first-order chi connectivity index (χ1) is 10.8. The average Bonchev–Trinajstić information content (AvgIpc) is 2.49. The van der Waals surface area contributed by atoms with Crippen LogP contribution in [0.25, 0.3) is 0 Å². The smallest absolute Gasteiger partial charge is 0.323 e. The van der Waals surface area contributed by atoms with E-state index in [1.807, 2.05) is 38.3 Å². The topological polar surface area (TPSA) is 59.0 Å². The van der Waals surface area contributed by atoms with Crippen LogP contribution in [0, 0.1) is 0 Å².